The second-order valence-corrected chi connectivity index (χ2v) is 5.59. The van der Waals surface area contributed by atoms with Gasteiger partial charge in [-0.2, -0.15) is 11.8 Å². The molecule has 0 radical (unpaired) electrons. The summed E-state index contributed by atoms with van der Waals surface area (Å²) in [6.07, 6.45) is 5.59. The topological polar surface area (TPSA) is 45.2 Å². The van der Waals surface area contributed by atoms with Crippen molar-refractivity contribution < 1.29 is 4.79 Å². The molecule has 2 unspecified atom stereocenters. The molecule has 0 bridgehead atoms. The van der Waals surface area contributed by atoms with Gasteiger partial charge in [0.05, 0.1) is 11.3 Å². The van der Waals surface area contributed by atoms with Crippen LogP contribution < -0.4 is 5.32 Å². The molecule has 1 amide bonds. The first-order valence-electron chi connectivity index (χ1n) is 6.18. The molecule has 0 spiro atoms. The first-order chi connectivity index (χ1) is 8.74. The summed E-state index contributed by atoms with van der Waals surface area (Å²) >= 11 is 1.60. The summed E-state index contributed by atoms with van der Waals surface area (Å²) in [4.78, 5) is 18.5. The highest BCUT2D eigenvalue weighted by Gasteiger charge is 2.30. The molecule has 5 heteroatoms. The number of aromatic nitrogens is 1. The van der Waals surface area contributed by atoms with E-state index in [1.54, 1.807) is 18.0 Å². The van der Waals surface area contributed by atoms with E-state index in [0.29, 0.717) is 0 Å². The van der Waals surface area contributed by atoms with Gasteiger partial charge in [-0.15, -0.1) is 0 Å². The van der Waals surface area contributed by atoms with E-state index >= 15 is 0 Å². The van der Waals surface area contributed by atoms with Crippen LogP contribution in [0.25, 0.3) is 0 Å². The molecule has 98 valence electrons. The number of thioether (sulfide) groups is 1. The standard InChI is InChI=1S/C13H19N3OS/c1-10(18-2)13(17)16-7-6-15-9-12(16)11-4-3-5-14-8-11/h3-5,8,10,12,15H,6-7,9H2,1-2H3. The number of carbonyl (C=O) groups is 1. The lowest BCUT2D eigenvalue weighted by Gasteiger charge is -2.37. The number of carbonyl (C=O) groups excluding carboxylic acids is 1. The van der Waals surface area contributed by atoms with Gasteiger partial charge in [0.2, 0.25) is 5.91 Å². The van der Waals surface area contributed by atoms with Gasteiger partial charge >= 0.3 is 0 Å². The molecule has 18 heavy (non-hydrogen) atoms. The highest BCUT2D eigenvalue weighted by atomic mass is 32.2. The summed E-state index contributed by atoms with van der Waals surface area (Å²) in [5.41, 5.74) is 1.10. The van der Waals surface area contributed by atoms with E-state index in [0.717, 1.165) is 25.2 Å². The Bertz CT molecular complexity index is 398. The Labute approximate surface area is 112 Å². The zero-order valence-electron chi connectivity index (χ0n) is 10.8. The number of hydrogen-bond acceptors (Lipinski definition) is 4. The minimum Gasteiger partial charge on any atom is -0.332 e. The molecule has 1 aromatic heterocycles. The molecule has 0 aromatic carbocycles. The minimum atomic E-state index is 0.0160. The van der Waals surface area contributed by atoms with Gasteiger partial charge in [0.1, 0.15) is 0 Å². The molecular weight excluding hydrogens is 246 g/mol. The average Bonchev–Trinajstić information content (AvgIpc) is 2.46. The lowest BCUT2D eigenvalue weighted by molar-refractivity contribution is -0.133. The van der Waals surface area contributed by atoms with Gasteiger partial charge < -0.3 is 10.2 Å². The molecule has 4 nitrogen and oxygen atoms in total. The van der Waals surface area contributed by atoms with Crippen LogP contribution in [-0.4, -0.2) is 46.9 Å². The highest BCUT2D eigenvalue weighted by molar-refractivity contribution is 7.99. The number of nitrogens with zero attached hydrogens (tertiary/aromatic N) is 2. The second kappa shape index (κ2) is 6.20. The number of pyridine rings is 1. The van der Waals surface area contributed by atoms with E-state index in [1.807, 2.05) is 36.4 Å². The highest BCUT2D eigenvalue weighted by Crippen LogP contribution is 2.24. The third kappa shape index (κ3) is 2.84. The molecule has 1 aliphatic rings. The predicted molar refractivity (Wildman–Crippen MR) is 74.5 cm³/mol. The van der Waals surface area contributed by atoms with Crippen molar-refractivity contribution in [2.45, 2.75) is 18.2 Å². The van der Waals surface area contributed by atoms with E-state index in [-0.39, 0.29) is 17.2 Å². The van der Waals surface area contributed by atoms with E-state index in [9.17, 15) is 4.79 Å². The monoisotopic (exact) mass is 265 g/mol. The van der Waals surface area contributed by atoms with Gasteiger partial charge in [0, 0.05) is 32.0 Å². The Morgan fingerprint density at radius 3 is 3.17 bits per heavy atom. The van der Waals surface area contributed by atoms with Crippen molar-refractivity contribution >= 4 is 17.7 Å². The number of hydrogen-bond donors (Lipinski definition) is 1. The van der Waals surface area contributed by atoms with Crippen LogP contribution in [0.5, 0.6) is 0 Å². The fourth-order valence-corrected chi connectivity index (χ4v) is 2.51. The molecule has 1 fully saturated rings. The number of piperazine rings is 1. The summed E-state index contributed by atoms with van der Waals surface area (Å²) < 4.78 is 0. The number of amides is 1. The summed E-state index contributed by atoms with van der Waals surface area (Å²) in [6.45, 7) is 4.40. The maximum Gasteiger partial charge on any atom is 0.235 e. The van der Waals surface area contributed by atoms with Crippen LogP contribution in [0.1, 0.15) is 18.5 Å². The van der Waals surface area contributed by atoms with Crippen LogP contribution in [0.2, 0.25) is 0 Å². The predicted octanol–water partition coefficient (Wildman–Crippen LogP) is 1.31. The normalized spacial score (nSPS) is 21.7. The van der Waals surface area contributed by atoms with Crippen molar-refractivity contribution in [1.82, 2.24) is 15.2 Å². The van der Waals surface area contributed by atoms with Crippen molar-refractivity contribution in [3.63, 3.8) is 0 Å². The van der Waals surface area contributed by atoms with Crippen LogP contribution in [0, 0.1) is 0 Å². The third-order valence-corrected chi connectivity index (χ3v) is 4.21. The average molecular weight is 265 g/mol. The van der Waals surface area contributed by atoms with Crippen LogP contribution >= 0.6 is 11.8 Å². The number of rotatable bonds is 3. The van der Waals surface area contributed by atoms with Gasteiger partial charge in [-0.25, -0.2) is 0 Å². The Morgan fingerprint density at radius 1 is 1.67 bits per heavy atom. The minimum absolute atomic E-state index is 0.0160. The molecule has 0 saturated carbocycles. The third-order valence-electron chi connectivity index (χ3n) is 3.30. The molecule has 0 aliphatic carbocycles. The van der Waals surface area contributed by atoms with Gasteiger partial charge in [0.15, 0.2) is 0 Å². The van der Waals surface area contributed by atoms with Crippen molar-refractivity contribution in [2.24, 2.45) is 0 Å². The summed E-state index contributed by atoms with van der Waals surface area (Å²) in [5, 5.41) is 3.36. The molecule has 1 aliphatic heterocycles. The Balaban J connectivity index is 2.19. The van der Waals surface area contributed by atoms with Crippen molar-refractivity contribution in [2.75, 3.05) is 25.9 Å². The maximum atomic E-state index is 12.4. The van der Waals surface area contributed by atoms with Gasteiger partial charge in [-0.05, 0) is 24.8 Å². The fraction of sp³-hybridized carbons (Fsp3) is 0.538. The first kappa shape index (κ1) is 13.4. The van der Waals surface area contributed by atoms with E-state index in [4.69, 9.17) is 0 Å². The lowest BCUT2D eigenvalue weighted by atomic mass is 10.0. The Kier molecular flexibility index (Phi) is 4.60. The van der Waals surface area contributed by atoms with Crippen LogP contribution in [0.4, 0.5) is 0 Å². The van der Waals surface area contributed by atoms with Gasteiger partial charge in [-0.3, -0.25) is 9.78 Å². The zero-order chi connectivity index (χ0) is 13.0. The smallest absolute Gasteiger partial charge is 0.235 e. The molecular formula is C13H19N3OS. The molecule has 2 atom stereocenters. The number of nitrogens with one attached hydrogen (secondary N) is 1. The summed E-state index contributed by atoms with van der Waals surface area (Å²) in [7, 11) is 0. The maximum absolute atomic E-state index is 12.4. The largest absolute Gasteiger partial charge is 0.332 e. The van der Waals surface area contributed by atoms with E-state index in [1.165, 1.54) is 0 Å². The van der Waals surface area contributed by atoms with Crippen molar-refractivity contribution in [3.8, 4) is 0 Å². The zero-order valence-corrected chi connectivity index (χ0v) is 11.6. The SMILES string of the molecule is CSC(C)C(=O)N1CCNCC1c1cccnc1. The first-order valence-corrected chi connectivity index (χ1v) is 7.46. The van der Waals surface area contributed by atoms with Gasteiger partial charge in [0.25, 0.3) is 0 Å². The Hall–Kier alpha value is -1.07. The molecule has 1 N–H and O–H groups in total. The molecule has 2 heterocycles. The van der Waals surface area contributed by atoms with Gasteiger partial charge in [-0.1, -0.05) is 6.07 Å². The Morgan fingerprint density at radius 2 is 2.50 bits per heavy atom. The summed E-state index contributed by atoms with van der Waals surface area (Å²) in [6, 6.07) is 4.06. The van der Waals surface area contributed by atoms with Crippen molar-refractivity contribution in [3.05, 3.63) is 30.1 Å². The lowest BCUT2D eigenvalue weighted by Crippen LogP contribution is -2.50. The van der Waals surface area contributed by atoms with E-state index in [2.05, 4.69) is 10.3 Å². The molecule has 1 aromatic rings. The summed E-state index contributed by atoms with van der Waals surface area (Å²) in [5.74, 6) is 0.220. The molecule has 1 saturated heterocycles. The van der Waals surface area contributed by atoms with Crippen LogP contribution in [0.15, 0.2) is 24.5 Å². The van der Waals surface area contributed by atoms with Crippen LogP contribution in [0.3, 0.4) is 0 Å². The second-order valence-electron chi connectivity index (χ2n) is 4.42. The van der Waals surface area contributed by atoms with Crippen molar-refractivity contribution in [1.29, 1.82) is 0 Å². The quantitative estimate of drug-likeness (QED) is 0.895. The van der Waals surface area contributed by atoms with E-state index < -0.39 is 0 Å². The molecule has 2 rings (SSSR count). The fourth-order valence-electron chi connectivity index (χ4n) is 2.17. The van der Waals surface area contributed by atoms with Crippen LogP contribution in [-0.2, 0) is 4.79 Å².